The predicted molar refractivity (Wildman–Crippen MR) is 263 cm³/mol. The number of hydrogen-bond donors (Lipinski definition) is 4. The van der Waals surface area contributed by atoms with Crippen molar-refractivity contribution < 1.29 is 56.7 Å². The summed E-state index contributed by atoms with van der Waals surface area (Å²) in [5.41, 5.74) is -3.77. The van der Waals surface area contributed by atoms with Crippen molar-refractivity contribution in [3.63, 3.8) is 0 Å². The summed E-state index contributed by atoms with van der Waals surface area (Å²) in [5, 5.41) is 5.29. The Bertz CT molecular complexity index is 2940. The molecular formula is C50H52BrF2N6O10PS. The van der Waals surface area contributed by atoms with Crippen LogP contribution in [0.4, 0.5) is 14.5 Å². The van der Waals surface area contributed by atoms with Crippen LogP contribution < -0.4 is 15.5 Å². The zero-order chi connectivity index (χ0) is 51.2. The first kappa shape index (κ1) is 51.5. The number of imide groups is 1. The van der Waals surface area contributed by atoms with Gasteiger partial charge in [0.15, 0.2) is 0 Å². The lowest BCUT2D eigenvalue weighted by Gasteiger charge is -2.37. The first-order valence-corrected chi connectivity index (χ1v) is 26.5. The number of carbonyl (C=O) groups is 7. The number of nitrogens with one attached hydrogen (secondary N) is 2. The van der Waals surface area contributed by atoms with Crippen molar-refractivity contribution in [3.05, 3.63) is 98.3 Å². The normalized spacial score (nSPS) is 19.3. The van der Waals surface area contributed by atoms with Crippen LogP contribution in [0.1, 0.15) is 102 Å². The topological polar surface area (TPSA) is 214 Å². The highest BCUT2D eigenvalue weighted by Gasteiger charge is 2.50. The molecule has 5 heterocycles. The number of benzene rings is 3. The summed E-state index contributed by atoms with van der Waals surface area (Å²) in [7, 11) is -5.83. The van der Waals surface area contributed by atoms with Gasteiger partial charge in [-0.15, -0.1) is 11.3 Å². The van der Waals surface area contributed by atoms with Gasteiger partial charge in [0, 0.05) is 83.0 Å². The zero-order valence-corrected chi connectivity index (χ0v) is 42.4. The lowest BCUT2D eigenvalue weighted by molar-refractivity contribution is -0.141. The summed E-state index contributed by atoms with van der Waals surface area (Å²) in [6, 6.07) is 14.0. The molecule has 1 aromatic heterocycles. The molecule has 16 nitrogen and oxygen atoms in total. The molecule has 8 rings (SSSR count). The average Bonchev–Trinajstić information content (AvgIpc) is 4.07. The molecule has 0 spiro atoms. The third-order valence-corrected chi connectivity index (χ3v) is 16.1. The number of thiophene rings is 1. The highest BCUT2D eigenvalue weighted by molar-refractivity contribution is 9.10. The number of anilines is 1. The SMILES string of the molecule is CC(C)(C)C(NC(=O)c1cc2cc(C(F)(F)P(=O)(O)O)ccc2s1)C(=O)N1CCC[C@H]1C(=O)N(CCC(=O)N1CCC(C#Cc2cccc3c2CN(C2CCC(=O)NC2=O)C3=O)CC1)c1ccc(Br)cc1. The van der Waals surface area contributed by atoms with Gasteiger partial charge in [-0.05, 0) is 103 Å². The average molecular weight is 1080 g/mol. The smallest absolute Gasteiger partial charge is 0.343 e. The minimum atomic E-state index is -5.83. The fourth-order valence-corrected chi connectivity index (χ4v) is 11.2. The highest BCUT2D eigenvalue weighted by atomic mass is 79.9. The van der Waals surface area contributed by atoms with Crippen LogP contribution in [0.25, 0.3) is 10.1 Å². The van der Waals surface area contributed by atoms with Crippen molar-refractivity contribution in [1.82, 2.24) is 25.3 Å². The fourth-order valence-electron chi connectivity index (χ4n) is 9.50. The van der Waals surface area contributed by atoms with Gasteiger partial charge in [-0.3, -0.25) is 43.4 Å². The van der Waals surface area contributed by atoms with Crippen LogP contribution in [-0.4, -0.2) is 110 Å². The summed E-state index contributed by atoms with van der Waals surface area (Å²) in [6.07, 6.45) is 2.47. The van der Waals surface area contributed by atoms with Gasteiger partial charge in [-0.25, -0.2) is 0 Å². The predicted octanol–water partition coefficient (Wildman–Crippen LogP) is 6.50. The lowest BCUT2D eigenvalue weighted by atomic mass is 9.85. The van der Waals surface area contributed by atoms with E-state index in [0.717, 1.165) is 33.5 Å². The van der Waals surface area contributed by atoms with Crippen LogP contribution in [0.2, 0.25) is 0 Å². The van der Waals surface area contributed by atoms with Gasteiger partial charge in [-0.2, -0.15) is 8.78 Å². The lowest BCUT2D eigenvalue weighted by Crippen LogP contribution is -2.58. The Kier molecular flexibility index (Phi) is 14.8. The number of fused-ring (bicyclic) bond motifs is 2. The molecule has 3 atom stereocenters. The third kappa shape index (κ3) is 10.8. The van der Waals surface area contributed by atoms with E-state index in [2.05, 4.69) is 38.4 Å². The van der Waals surface area contributed by atoms with E-state index in [1.54, 1.807) is 62.1 Å². The second-order valence-electron chi connectivity index (χ2n) is 19.3. The van der Waals surface area contributed by atoms with E-state index in [4.69, 9.17) is 0 Å². The van der Waals surface area contributed by atoms with Crippen molar-refractivity contribution in [2.75, 3.05) is 31.1 Å². The molecule has 3 fully saturated rings. The Morgan fingerprint density at radius 2 is 1.69 bits per heavy atom. The Morgan fingerprint density at radius 1 is 0.972 bits per heavy atom. The molecule has 71 heavy (non-hydrogen) atoms. The van der Waals surface area contributed by atoms with Crippen LogP contribution in [0, 0.1) is 23.2 Å². The van der Waals surface area contributed by atoms with E-state index in [9.17, 15) is 56.7 Å². The molecule has 3 saturated heterocycles. The number of carbonyl (C=O) groups excluding carboxylic acids is 7. The number of halogens is 3. The van der Waals surface area contributed by atoms with E-state index in [-0.39, 0.29) is 78.7 Å². The molecule has 4 aliphatic rings. The molecule has 2 unspecified atom stereocenters. The van der Waals surface area contributed by atoms with Gasteiger partial charge in [0.1, 0.15) is 18.1 Å². The molecular weight excluding hydrogens is 1030 g/mol. The number of rotatable bonds is 11. The number of alkyl halides is 2. The van der Waals surface area contributed by atoms with E-state index in [1.165, 1.54) is 26.8 Å². The van der Waals surface area contributed by atoms with E-state index in [0.29, 0.717) is 60.3 Å². The van der Waals surface area contributed by atoms with Gasteiger partial charge >= 0.3 is 13.3 Å². The maximum Gasteiger partial charge on any atom is 0.399 e. The first-order chi connectivity index (χ1) is 33.5. The zero-order valence-electron chi connectivity index (χ0n) is 39.1. The molecule has 0 bridgehead atoms. The quantitative estimate of drug-likeness (QED) is 0.0727. The van der Waals surface area contributed by atoms with E-state index >= 15 is 0 Å². The van der Waals surface area contributed by atoms with Crippen molar-refractivity contribution in [3.8, 4) is 11.8 Å². The molecule has 7 amide bonds. The molecule has 4 N–H and O–H groups in total. The Balaban J connectivity index is 0.911. The number of amides is 7. The molecule has 21 heteroatoms. The number of nitrogens with zero attached hydrogens (tertiary/aromatic N) is 4. The summed E-state index contributed by atoms with van der Waals surface area (Å²) < 4.78 is 41.7. The number of likely N-dealkylation sites (tertiary alicyclic amines) is 2. The van der Waals surface area contributed by atoms with Crippen LogP contribution in [-0.2, 0) is 40.7 Å². The fraction of sp³-hybridized carbons (Fsp3) is 0.420. The standard InChI is InChI=1S/C50H52BrF2N6O10PS/c1-49(2,3)43(55-45(63)40-27-31-26-32(11-17-39(31)71-40)50(52,53)70(67,68)69)48(66)58-22-5-8-38(58)47(65)57(34-14-12-33(51)13-15-34)25-21-42(61)56-23-19-29(20-24-56)9-10-30-6-4-7-35-36(30)28-59(46(35)64)37-16-18-41(60)54-44(37)62/h4,6-7,11-15,17,26-27,29,37-38,43H,5,8,16,18-25,28H2,1-3H3,(H,55,63)(H,54,60,62)(H2,67,68,69)/t37?,38-,43?/m0/s1. The molecule has 3 aromatic carbocycles. The monoisotopic (exact) mass is 1080 g/mol. The van der Waals surface area contributed by atoms with E-state index < -0.39 is 60.1 Å². The number of hydrogen-bond acceptors (Lipinski definition) is 9. The van der Waals surface area contributed by atoms with Gasteiger partial charge in [0.05, 0.1) is 4.88 Å². The van der Waals surface area contributed by atoms with Crippen LogP contribution in [0.5, 0.6) is 0 Å². The Morgan fingerprint density at radius 3 is 2.37 bits per heavy atom. The maximum atomic E-state index is 14.7. The number of piperidine rings is 2. The second-order valence-corrected chi connectivity index (χ2v) is 22.9. The van der Waals surface area contributed by atoms with Crippen LogP contribution in [0.3, 0.4) is 0 Å². The molecule has 4 aliphatic heterocycles. The summed E-state index contributed by atoms with van der Waals surface area (Å²) >= 11 is 4.41. The van der Waals surface area contributed by atoms with Crippen molar-refractivity contribution >= 4 is 92.0 Å². The Labute approximate surface area is 420 Å². The maximum absolute atomic E-state index is 14.7. The van der Waals surface area contributed by atoms with E-state index in [1.807, 2.05) is 6.07 Å². The van der Waals surface area contributed by atoms with Crippen molar-refractivity contribution in [1.29, 1.82) is 0 Å². The largest absolute Gasteiger partial charge is 0.399 e. The minimum Gasteiger partial charge on any atom is -0.343 e. The van der Waals surface area contributed by atoms with Gasteiger partial charge in [-0.1, -0.05) is 60.7 Å². The molecule has 374 valence electrons. The highest BCUT2D eigenvalue weighted by Crippen LogP contribution is 2.59. The van der Waals surface area contributed by atoms with Gasteiger partial charge < -0.3 is 34.7 Å². The molecule has 0 radical (unpaired) electrons. The molecule has 0 saturated carbocycles. The van der Waals surface area contributed by atoms with Gasteiger partial charge in [0.25, 0.3) is 11.8 Å². The molecule has 0 aliphatic carbocycles. The second kappa shape index (κ2) is 20.3. The summed E-state index contributed by atoms with van der Waals surface area (Å²) in [6.45, 7) is 6.64. The summed E-state index contributed by atoms with van der Waals surface area (Å²) in [4.78, 5) is 119. The van der Waals surface area contributed by atoms with Crippen molar-refractivity contribution in [2.45, 2.75) is 96.1 Å². The summed E-state index contributed by atoms with van der Waals surface area (Å²) in [5.74, 6) is 3.75. The van der Waals surface area contributed by atoms with Gasteiger partial charge in [0.2, 0.25) is 29.5 Å². The first-order valence-electron chi connectivity index (χ1n) is 23.2. The minimum absolute atomic E-state index is 0.000953. The van der Waals surface area contributed by atoms with Crippen molar-refractivity contribution in [2.24, 2.45) is 11.3 Å². The Hall–Kier alpha value is -5.84. The third-order valence-electron chi connectivity index (χ3n) is 13.5. The van der Waals surface area contributed by atoms with Crippen LogP contribution in [0.15, 0.2) is 71.2 Å². The van der Waals surface area contributed by atoms with Crippen LogP contribution >= 0.6 is 34.9 Å². The molecule has 4 aromatic rings.